The highest BCUT2D eigenvalue weighted by molar-refractivity contribution is 5.79. The van der Waals surface area contributed by atoms with Gasteiger partial charge < -0.3 is 15.5 Å². The van der Waals surface area contributed by atoms with Gasteiger partial charge in [0, 0.05) is 44.9 Å². The van der Waals surface area contributed by atoms with E-state index in [9.17, 15) is 0 Å². The van der Waals surface area contributed by atoms with Crippen LogP contribution in [0.1, 0.15) is 28.7 Å². The molecule has 2 N–H and O–H groups in total. The number of aromatic nitrogens is 2. The Hall–Kier alpha value is -3.12. The maximum absolute atomic E-state index is 4.43. The molecule has 1 atom stereocenters. The van der Waals surface area contributed by atoms with Crippen LogP contribution in [0.15, 0.2) is 78.0 Å². The zero-order chi connectivity index (χ0) is 21.3. The van der Waals surface area contributed by atoms with Gasteiger partial charge in [0.05, 0.1) is 12.2 Å². The van der Waals surface area contributed by atoms with Crippen molar-refractivity contribution in [3.8, 4) is 0 Å². The van der Waals surface area contributed by atoms with Crippen molar-refractivity contribution in [1.82, 2.24) is 25.3 Å². The summed E-state index contributed by atoms with van der Waals surface area (Å²) in [5.74, 6) is 1.04. The van der Waals surface area contributed by atoms with Gasteiger partial charge in [0.15, 0.2) is 5.96 Å². The average molecular weight is 405 g/mol. The van der Waals surface area contributed by atoms with E-state index in [0.29, 0.717) is 0 Å². The van der Waals surface area contributed by atoms with Crippen LogP contribution in [0.3, 0.4) is 0 Å². The largest absolute Gasteiger partial charge is 0.355 e. The van der Waals surface area contributed by atoms with Crippen molar-refractivity contribution in [1.29, 1.82) is 0 Å². The van der Waals surface area contributed by atoms with Crippen LogP contribution < -0.4 is 10.6 Å². The molecule has 0 bridgehead atoms. The van der Waals surface area contributed by atoms with Crippen LogP contribution >= 0.6 is 0 Å². The van der Waals surface area contributed by atoms with E-state index in [1.165, 1.54) is 16.7 Å². The van der Waals surface area contributed by atoms with E-state index < -0.39 is 0 Å². The zero-order valence-corrected chi connectivity index (χ0v) is 18.3. The Bertz CT molecular complexity index is 878. The smallest absolute Gasteiger partial charge is 0.191 e. The number of hydrogen-bond acceptors (Lipinski definition) is 3. The third-order valence-electron chi connectivity index (χ3n) is 5.30. The van der Waals surface area contributed by atoms with Crippen molar-refractivity contribution in [2.24, 2.45) is 12.0 Å². The average Bonchev–Trinajstić information content (AvgIpc) is 3.19. The van der Waals surface area contributed by atoms with Gasteiger partial charge in [0.1, 0.15) is 0 Å². The summed E-state index contributed by atoms with van der Waals surface area (Å²) in [5.41, 5.74) is 3.75. The second-order valence-electron chi connectivity index (χ2n) is 7.63. The van der Waals surface area contributed by atoms with Gasteiger partial charge in [-0.1, -0.05) is 60.7 Å². The molecule has 2 aromatic carbocycles. The summed E-state index contributed by atoms with van der Waals surface area (Å²) in [6, 6.07) is 21.4. The molecule has 3 rings (SSSR count). The molecule has 30 heavy (non-hydrogen) atoms. The van der Waals surface area contributed by atoms with Crippen molar-refractivity contribution >= 4 is 5.96 Å². The first-order valence-electron chi connectivity index (χ1n) is 10.3. The number of aliphatic imine (C=N–C) groups is 1. The molecule has 0 saturated carbocycles. The van der Waals surface area contributed by atoms with Gasteiger partial charge in [-0.2, -0.15) is 5.10 Å². The van der Waals surface area contributed by atoms with Gasteiger partial charge in [0.2, 0.25) is 0 Å². The number of nitrogens with one attached hydrogen (secondary N) is 2. The minimum absolute atomic E-state index is 0.205. The maximum Gasteiger partial charge on any atom is 0.191 e. The molecule has 0 aliphatic carbocycles. The minimum Gasteiger partial charge on any atom is -0.355 e. The standard InChI is InChI=1S/C24H32N6/c1-25-24(27-17-23(29(2)3)21-15-28-30(4)18-21)26-16-22(19-11-7-5-8-12-19)20-13-9-6-10-14-20/h5-15,18,22-23H,16-17H2,1-4H3,(H2,25,26,27). The Morgan fingerprint density at radius 2 is 1.50 bits per heavy atom. The van der Waals surface area contributed by atoms with Crippen LogP contribution in [-0.2, 0) is 7.05 Å². The molecule has 3 aromatic rings. The number of likely N-dealkylation sites (N-methyl/N-ethyl adjacent to an activating group) is 1. The number of guanidine groups is 1. The van der Waals surface area contributed by atoms with E-state index in [2.05, 4.69) is 107 Å². The molecule has 1 unspecified atom stereocenters. The lowest BCUT2D eigenvalue weighted by molar-refractivity contribution is 0.298. The predicted octanol–water partition coefficient (Wildman–Crippen LogP) is 3.02. The summed E-state index contributed by atoms with van der Waals surface area (Å²) in [6.45, 7) is 1.49. The number of nitrogens with zero attached hydrogens (tertiary/aromatic N) is 4. The highest BCUT2D eigenvalue weighted by Crippen LogP contribution is 2.23. The molecule has 6 nitrogen and oxygen atoms in total. The quantitative estimate of drug-likeness (QED) is 0.448. The Morgan fingerprint density at radius 1 is 0.933 bits per heavy atom. The van der Waals surface area contributed by atoms with Crippen molar-refractivity contribution in [3.63, 3.8) is 0 Å². The topological polar surface area (TPSA) is 57.5 Å². The van der Waals surface area contributed by atoms with Crippen LogP contribution in [0, 0.1) is 0 Å². The molecule has 0 saturated heterocycles. The molecule has 0 fully saturated rings. The Morgan fingerprint density at radius 3 is 1.97 bits per heavy atom. The van der Waals surface area contributed by atoms with Crippen molar-refractivity contribution < 1.29 is 0 Å². The fraction of sp³-hybridized carbons (Fsp3) is 0.333. The fourth-order valence-electron chi connectivity index (χ4n) is 3.62. The monoisotopic (exact) mass is 404 g/mol. The van der Waals surface area contributed by atoms with Gasteiger partial charge in [-0.3, -0.25) is 9.67 Å². The van der Waals surface area contributed by atoms with Gasteiger partial charge in [-0.05, 0) is 25.2 Å². The van der Waals surface area contributed by atoms with Crippen LogP contribution in [0.5, 0.6) is 0 Å². The highest BCUT2D eigenvalue weighted by Gasteiger charge is 2.18. The molecular formula is C24H32N6. The summed E-state index contributed by atoms with van der Waals surface area (Å²) in [4.78, 5) is 6.62. The van der Waals surface area contributed by atoms with Gasteiger partial charge in [0.25, 0.3) is 0 Å². The molecular weight excluding hydrogens is 372 g/mol. The number of aryl methyl sites for hydroxylation is 1. The first-order valence-corrected chi connectivity index (χ1v) is 10.3. The second kappa shape index (κ2) is 10.6. The third-order valence-corrected chi connectivity index (χ3v) is 5.30. The molecule has 158 valence electrons. The molecule has 0 radical (unpaired) electrons. The molecule has 1 heterocycles. The van der Waals surface area contributed by atoms with Gasteiger partial charge in [-0.15, -0.1) is 0 Å². The summed E-state index contributed by atoms with van der Waals surface area (Å²) < 4.78 is 1.84. The van der Waals surface area contributed by atoms with Crippen LogP contribution in [0.2, 0.25) is 0 Å². The number of rotatable bonds is 8. The Kier molecular flexibility index (Phi) is 7.63. The van der Waals surface area contributed by atoms with E-state index in [1.807, 2.05) is 25.0 Å². The molecule has 0 spiro atoms. The maximum atomic E-state index is 4.43. The molecule has 6 heteroatoms. The van der Waals surface area contributed by atoms with E-state index >= 15 is 0 Å². The predicted molar refractivity (Wildman–Crippen MR) is 124 cm³/mol. The third kappa shape index (κ3) is 5.70. The first-order chi connectivity index (χ1) is 14.6. The first kappa shape index (κ1) is 21.6. The van der Waals surface area contributed by atoms with E-state index in [4.69, 9.17) is 0 Å². The molecule has 0 aliphatic rings. The number of benzene rings is 2. The Labute approximate surface area is 179 Å². The lowest BCUT2D eigenvalue weighted by Crippen LogP contribution is -2.43. The van der Waals surface area contributed by atoms with Crippen LogP contribution in [0.4, 0.5) is 0 Å². The fourth-order valence-corrected chi connectivity index (χ4v) is 3.62. The van der Waals surface area contributed by atoms with E-state index in [1.54, 1.807) is 0 Å². The van der Waals surface area contributed by atoms with Crippen molar-refractivity contribution in [2.45, 2.75) is 12.0 Å². The lowest BCUT2D eigenvalue weighted by Gasteiger charge is -2.25. The summed E-state index contributed by atoms with van der Waals surface area (Å²) in [7, 11) is 7.91. The summed E-state index contributed by atoms with van der Waals surface area (Å²) in [6.07, 6.45) is 3.98. The summed E-state index contributed by atoms with van der Waals surface area (Å²) >= 11 is 0. The van der Waals surface area contributed by atoms with Gasteiger partial charge in [-0.25, -0.2) is 0 Å². The summed E-state index contributed by atoms with van der Waals surface area (Å²) in [5, 5.41) is 11.3. The van der Waals surface area contributed by atoms with E-state index in [-0.39, 0.29) is 12.0 Å². The molecule has 1 aromatic heterocycles. The second-order valence-corrected chi connectivity index (χ2v) is 7.63. The zero-order valence-electron chi connectivity index (χ0n) is 18.3. The van der Waals surface area contributed by atoms with Gasteiger partial charge >= 0.3 is 0 Å². The Balaban J connectivity index is 1.67. The number of hydrogen-bond donors (Lipinski definition) is 2. The SMILES string of the molecule is CN=C(NCC(c1ccccc1)c1ccccc1)NCC(c1cnn(C)c1)N(C)C. The van der Waals surface area contributed by atoms with Crippen molar-refractivity contribution in [2.75, 3.05) is 34.2 Å². The van der Waals surface area contributed by atoms with Crippen LogP contribution in [-0.4, -0.2) is 54.9 Å². The highest BCUT2D eigenvalue weighted by atomic mass is 15.3. The lowest BCUT2D eigenvalue weighted by atomic mass is 9.91. The molecule has 0 amide bonds. The minimum atomic E-state index is 0.205. The van der Waals surface area contributed by atoms with Crippen LogP contribution in [0.25, 0.3) is 0 Å². The van der Waals surface area contributed by atoms with E-state index in [0.717, 1.165) is 19.0 Å². The molecule has 0 aliphatic heterocycles. The normalized spacial score (nSPS) is 12.9. The van der Waals surface area contributed by atoms with Crippen molar-refractivity contribution in [3.05, 3.63) is 89.7 Å².